The summed E-state index contributed by atoms with van der Waals surface area (Å²) in [5.41, 5.74) is 4.18. The zero-order chi connectivity index (χ0) is 11.3. The fourth-order valence-corrected chi connectivity index (χ4v) is 0.553. The Morgan fingerprint density at radius 3 is 1.86 bits per heavy atom. The summed E-state index contributed by atoms with van der Waals surface area (Å²) in [6, 6.07) is 1.05. The standard InChI is InChI=1S/C6H4F3N.HNO3/c7-3-1-4(8)6(10)5(9)2-3;2-1(3)4/h1-2H,10H2;(H,2,3,4). The van der Waals surface area contributed by atoms with Crippen LogP contribution in [0.1, 0.15) is 0 Å². The first kappa shape index (κ1) is 12.0. The third-order valence-corrected chi connectivity index (χ3v) is 1.04. The first-order chi connectivity index (χ1) is 6.34. The van der Waals surface area contributed by atoms with Crippen LogP contribution in [0.2, 0.25) is 0 Å². The zero-order valence-corrected chi connectivity index (χ0v) is 6.58. The van der Waals surface area contributed by atoms with E-state index in [0.717, 1.165) is 0 Å². The van der Waals surface area contributed by atoms with Crippen molar-refractivity contribution >= 4 is 5.69 Å². The van der Waals surface area contributed by atoms with Crippen LogP contribution in [-0.4, -0.2) is 10.3 Å². The van der Waals surface area contributed by atoms with E-state index in [4.69, 9.17) is 21.1 Å². The fraction of sp³-hybridized carbons (Fsp3) is 0. The lowest BCUT2D eigenvalue weighted by Crippen LogP contribution is -1.95. The molecule has 1 aromatic carbocycles. The van der Waals surface area contributed by atoms with Gasteiger partial charge in [0.15, 0.2) is 11.6 Å². The molecule has 78 valence electrons. The Balaban J connectivity index is 0.000000364. The minimum Gasteiger partial charge on any atom is -0.394 e. The van der Waals surface area contributed by atoms with Gasteiger partial charge in [-0.1, -0.05) is 0 Å². The SMILES string of the molecule is Nc1c(F)cc(F)cc1F.O=[N+]([O-])O. The van der Waals surface area contributed by atoms with Gasteiger partial charge in [0.1, 0.15) is 11.5 Å². The highest BCUT2D eigenvalue weighted by molar-refractivity contribution is 5.40. The van der Waals surface area contributed by atoms with Crippen molar-refractivity contribution in [1.82, 2.24) is 0 Å². The van der Waals surface area contributed by atoms with Gasteiger partial charge in [0.05, 0.1) is 0 Å². The van der Waals surface area contributed by atoms with Gasteiger partial charge in [-0.15, -0.1) is 10.1 Å². The molecule has 5 nitrogen and oxygen atoms in total. The third kappa shape index (κ3) is 4.14. The lowest BCUT2D eigenvalue weighted by Gasteiger charge is -1.96. The van der Waals surface area contributed by atoms with Crippen molar-refractivity contribution in [3.8, 4) is 0 Å². The number of hydrogen-bond acceptors (Lipinski definition) is 3. The van der Waals surface area contributed by atoms with Crippen molar-refractivity contribution < 1.29 is 23.5 Å². The maximum absolute atomic E-state index is 12.2. The Kier molecular flexibility index (Phi) is 4.20. The number of benzene rings is 1. The van der Waals surface area contributed by atoms with Crippen LogP contribution >= 0.6 is 0 Å². The van der Waals surface area contributed by atoms with Gasteiger partial charge >= 0.3 is 0 Å². The topological polar surface area (TPSA) is 89.4 Å². The van der Waals surface area contributed by atoms with Crippen molar-refractivity contribution in [2.75, 3.05) is 5.73 Å². The zero-order valence-electron chi connectivity index (χ0n) is 6.58. The molecule has 0 unspecified atom stereocenters. The van der Waals surface area contributed by atoms with Crippen molar-refractivity contribution in [2.45, 2.75) is 0 Å². The van der Waals surface area contributed by atoms with Crippen LogP contribution in [-0.2, 0) is 0 Å². The number of nitrogen functional groups attached to an aromatic ring is 1. The molecule has 0 aromatic heterocycles. The molecule has 0 saturated heterocycles. The molecule has 0 aliphatic rings. The molecule has 8 heteroatoms. The van der Waals surface area contributed by atoms with Crippen LogP contribution in [0, 0.1) is 27.6 Å². The van der Waals surface area contributed by atoms with E-state index in [1.54, 1.807) is 0 Å². The molecule has 3 N–H and O–H groups in total. The molecule has 0 atom stereocenters. The van der Waals surface area contributed by atoms with Crippen LogP contribution in [0.25, 0.3) is 0 Å². The summed E-state index contributed by atoms with van der Waals surface area (Å²) in [6.07, 6.45) is 0. The van der Waals surface area contributed by atoms with Gasteiger partial charge < -0.3 is 10.9 Å². The monoisotopic (exact) mass is 210 g/mol. The lowest BCUT2D eigenvalue weighted by atomic mass is 10.3. The number of anilines is 1. The average Bonchev–Trinajstić information content (AvgIpc) is 1.98. The Morgan fingerprint density at radius 2 is 1.57 bits per heavy atom. The van der Waals surface area contributed by atoms with Crippen molar-refractivity contribution in [3.05, 3.63) is 39.7 Å². The van der Waals surface area contributed by atoms with Gasteiger partial charge in [-0.2, -0.15) is 0 Å². The Bertz CT molecular complexity index is 318. The van der Waals surface area contributed by atoms with Gasteiger partial charge in [0.2, 0.25) is 0 Å². The molecule has 0 saturated carbocycles. The van der Waals surface area contributed by atoms with Crippen LogP contribution in [0.4, 0.5) is 18.9 Å². The molecule has 1 aromatic rings. The Labute approximate surface area is 75.7 Å². The highest BCUT2D eigenvalue weighted by Crippen LogP contribution is 2.15. The normalized spacial score (nSPS) is 8.79. The van der Waals surface area contributed by atoms with E-state index >= 15 is 0 Å². The quantitative estimate of drug-likeness (QED) is 0.384. The Hall–Kier alpha value is -1.99. The van der Waals surface area contributed by atoms with E-state index in [0.29, 0.717) is 12.1 Å². The fourth-order valence-electron chi connectivity index (χ4n) is 0.553. The first-order valence-electron chi connectivity index (χ1n) is 3.08. The van der Waals surface area contributed by atoms with Crippen molar-refractivity contribution in [2.24, 2.45) is 0 Å². The van der Waals surface area contributed by atoms with Gasteiger partial charge in [-0.3, -0.25) is 0 Å². The van der Waals surface area contributed by atoms with Crippen molar-refractivity contribution in [1.29, 1.82) is 0 Å². The van der Waals surface area contributed by atoms with E-state index in [9.17, 15) is 13.2 Å². The molecule has 1 rings (SSSR count). The molecule has 0 aliphatic heterocycles. The van der Waals surface area contributed by atoms with E-state index in [1.807, 2.05) is 0 Å². The van der Waals surface area contributed by atoms with Gasteiger partial charge in [-0.05, 0) is 0 Å². The summed E-state index contributed by atoms with van der Waals surface area (Å²) in [5.74, 6) is -3.11. The van der Waals surface area contributed by atoms with E-state index in [1.165, 1.54) is 0 Å². The molecular weight excluding hydrogens is 205 g/mol. The maximum Gasteiger partial charge on any atom is 0.291 e. The first-order valence-corrected chi connectivity index (χ1v) is 3.08. The van der Waals surface area contributed by atoms with Crippen LogP contribution < -0.4 is 5.73 Å². The maximum atomic E-state index is 12.2. The molecule has 0 aliphatic carbocycles. The van der Waals surface area contributed by atoms with E-state index < -0.39 is 28.2 Å². The smallest absolute Gasteiger partial charge is 0.291 e. The lowest BCUT2D eigenvalue weighted by molar-refractivity contribution is -0.742. The largest absolute Gasteiger partial charge is 0.394 e. The number of nitrogens with zero attached hydrogens (tertiary/aromatic N) is 1. The molecule has 14 heavy (non-hydrogen) atoms. The van der Waals surface area contributed by atoms with E-state index in [2.05, 4.69) is 0 Å². The summed E-state index contributed by atoms with van der Waals surface area (Å²) in [5, 5.41) is 13.6. The summed E-state index contributed by atoms with van der Waals surface area (Å²) < 4.78 is 36.5. The number of rotatable bonds is 0. The highest BCUT2D eigenvalue weighted by Gasteiger charge is 2.06. The summed E-state index contributed by atoms with van der Waals surface area (Å²) in [7, 11) is 0. The minimum absolute atomic E-state index is 0.526. The second-order valence-electron chi connectivity index (χ2n) is 2.02. The minimum atomic E-state index is -1.50. The molecule has 0 bridgehead atoms. The van der Waals surface area contributed by atoms with Crippen molar-refractivity contribution in [3.63, 3.8) is 0 Å². The number of hydrogen-bond donors (Lipinski definition) is 2. The van der Waals surface area contributed by atoms with E-state index in [-0.39, 0.29) is 0 Å². The van der Waals surface area contributed by atoms with Crippen LogP contribution in [0.15, 0.2) is 12.1 Å². The summed E-state index contributed by atoms with van der Waals surface area (Å²) in [6.45, 7) is 0. The number of halogens is 3. The second kappa shape index (κ2) is 4.90. The molecule has 0 spiro atoms. The van der Waals surface area contributed by atoms with Gasteiger partial charge in [0, 0.05) is 12.1 Å². The molecule has 0 fully saturated rings. The van der Waals surface area contributed by atoms with Crippen LogP contribution in [0.5, 0.6) is 0 Å². The predicted octanol–water partition coefficient (Wildman–Crippen LogP) is 1.34. The molecular formula is C6H5F3N2O3. The predicted molar refractivity (Wildman–Crippen MR) is 39.5 cm³/mol. The molecule has 0 radical (unpaired) electrons. The Morgan fingerprint density at radius 1 is 1.29 bits per heavy atom. The van der Waals surface area contributed by atoms with Gasteiger partial charge in [-0.25, -0.2) is 13.2 Å². The summed E-state index contributed by atoms with van der Waals surface area (Å²) in [4.78, 5) is 8.36. The molecule has 0 amide bonds. The second-order valence-corrected chi connectivity index (χ2v) is 2.02. The van der Waals surface area contributed by atoms with Crippen LogP contribution in [0.3, 0.4) is 0 Å². The number of nitrogens with two attached hydrogens (primary N) is 1. The average molecular weight is 210 g/mol. The molecule has 0 heterocycles. The summed E-state index contributed by atoms with van der Waals surface area (Å²) >= 11 is 0. The van der Waals surface area contributed by atoms with Gasteiger partial charge in [0.25, 0.3) is 5.09 Å². The highest BCUT2D eigenvalue weighted by atomic mass is 19.1. The third-order valence-electron chi connectivity index (χ3n) is 1.04.